The second-order valence-corrected chi connectivity index (χ2v) is 7.20. The molecular formula is C17H26N2O2. The Balaban J connectivity index is 1.95. The van der Waals surface area contributed by atoms with Crippen LogP contribution in [0.15, 0.2) is 18.2 Å². The van der Waals surface area contributed by atoms with E-state index in [1.54, 1.807) is 12.1 Å². The Morgan fingerprint density at radius 2 is 1.86 bits per heavy atom. The van der Waals surface area contributed by atoms with Crippen LogP contribution in [-0.2, 0) is 0 Å². The number of nitrogens with one attached hydrogen (secondary N) is 1. The summed E-state index contributed by atoms with van der Waals surface area (Å²) in [5.41, 5.74) is 7.37. The zero-order chi connectivity index (χ0) is 15.7. The van der Waals surface area contributed by atoms with Crippen LogP contribution in [0.1, 0.15) is 55.5 Å². The number of aryl methyl sites for hydroxylation is 1. The largest absolute Gasteiger partial charge is 0.399 e. The van der Waals surface area contributed by atoms with Crippen LogP contribution in [0.3, 0.4) is 0 Å². The van der Waals surface area contributed by atoms with Crippen molar-refractivity contribution in [3.05, 3.63) is 29.3 Å². The Morgan fingerprint density at radius 1 is 1.24 bits per heavy atom. The van der Waals surface area contributed by atoms with Crippen molar-refractivity contribution in [2.24, 2.45) is 5.41 Å². The van der Waals surface area contributed by atoms with Crippen LogP contribution in [0.4, 0.5) is 5.69 Å². The molecule has 1 amide bonds. The Kier molecular flexibility index (Phi) is 4.28. The molecule has 21 heavy (non-hydrogen) atoms. The van der Waals surface area contributed by atoms with Gasteiger partial charge in [0.2, 0.25) is 0 Å². The van der Waals surface area contributed by atoms with E-state index >= 15 is 0 Å². The van der Waals surface area contributed by atoms with Crippen molar-refractivity contribution < 1.29 is 9.90 Å². The van der Waals surface area contributed by atoms with Gasteiger partial charge in [0.1, 0.15) is 0 Å². The summed E-state index contributed by atoms with van der Waals surface area (Å²) in [5.74, 6) is -0.177. The van der Waals surface area contributed by atoms with Gasteiger partial charge in [-0.15, -0.1) is 0 Å². The molecule has 0 spiro atoms. The fourth-order valence-electron chi connectivity index (χ4n) is 2.86. The van der Waals surface area contributed by atoms with E-state index in [-0.39, 0.29) is 5.91 Å². The molecular weight excluding hydrogens is 264 g/mol. The molecule has 4 N–H and O–H groups in total. The highest BCUT2D eigenvalue weighted by Gasteiger charge is 2.36. The number of aliphatic hydroxyl groups is 1. The zero-order valence-electron chi connectivity index (χ0n) is 13.2. The maximum atomic E-state index is 12.2. The molecule has 1 aromatic carbocycles. The average molecular weight is 290 g/mol. The van der Waals surface area contributed by atoms with Crippen molar-refractivity contribution in [1.29, 1.82) is 0 Å². The second-order valence-electron chi connectivity index (χ2n) is 7.20. The Bertz CT molecular complexity index is 507. The summed E-state index contributed by atoms with van der Waals surface area (Å²) in [5, 5.41) is 13.4. The first-order chi connectivity index (χ1) is 9.69. The average Bonchev–Trinajstić information content (AvgIpc) is 2.39. The molecule has 1 aromatic rings. The normalized spacial score (nSPS) is 20.0. The Hall–Kier alpha value is -1.55. The third-order valence-electron chi connectivity index (χ3n) is 4.47. The van der Waals surface area contributed by atoms with Crippen LogP contribution in [0.5, 0.6) is 0 Å². The van der Waals surface area contributed by atoms with Crippen LogP contribution in [0.2, 0.25) is 0 Å². The van der Waals surface area contributed by atoms with E-state index in [0.29, 0.717) is 23.2 Å². The summed E-state index contributed by atoms with van der Waals surface area (Å²) in [7, 11) is 0. The lowest BCUT2D eigenvalue weighted by Gasteiger charge is -2.40. The lowest BCUT2D eigenvalue weighted by Crippen LogP contribution is -2.46. The molecule has 1 fully saturated rings. The highest BCUT2D eigenvalue weighted by molar-refractivity contribution is 5.95. The predicted molar refractivity (Wildman–Crippen MR) is 85.1 cm³/mol. The summed E-state index contributed by atoms with van der Waals surface area (Å²) >= 11 is 0. The molecule has 4 heteroatoms. The molecule has 0 saturated heterocycles. The molecule has 0 atom stereocenters. The van der Waals surface area contributed by atoms with Gasteiger partial charge in [-0.1, -0.05) is 13.8 Å². The van der Waals surface area contributed by atoms with Crippen LogP contribution >= 0.6 is 0 Å². The number of nitrogens with two attached hydrogens (primary N) is 1. The molecule has 0 aromatic heterocycles. The number of carbonyl (C=O) groups is 1. The topological polar surface area (TPSA) is 75.4 Å². The molecule has 0 unspecified atom stereocenters. The predicted octanol–water partition coefficient (Wildman–Crippen LogP) is 2.64. The van der Waals surface area contributed by atoms with Crippen molar-refractivity contribution in [2.75, 3.05) is 12.3 Å². The summed E-state index contributed by atoms with van der Waals surface area (Å²) < 4.78 is 0. The highest BCUT2D eigenvalue weighted by atomic mass is 16.3. The van der Waals surface area contributed by atoms with Crippen LogP contribution in [0, 0.1) is 12.3 Å². The molecule has 0 heterocycles. The number of benzene rings is 1. The van der Waals surface area contributed by atoms with E-state index < -0.39 is 5.60 Å². The van der Waals surface area contributed by atoms with E-state index in [4.69, 9.17) is 5.73 Å². The smallest absolute Gasteiger partial charge is 0.251 e. The lowest BCUT2D eigenvalue weighted by molar-refractivity contribution is -0.0233. The maximum absolute atomic E-state index is 12.2. The maximum Gasteiger partial charge on any atom is 0.251 e. The van der Waals surface area contributed by atoms with Gasteiger partial charge in [0.15, 0.2) is 0 Å². The quantitative estimate of drug-likeness (QED) is 0.749. The van der Waals surface area contributed by atoms with Gasteiger partial charge in [-0.05, 0) is 61.8 Å². The summed E-state index contributed by atoms with van der Waals surface area (Å²) in [6.45, 7) is 6.65. The Labute approximate surface area is 126 Å². The molecule has 0 radical (unpaired) electrons. The van der Waals surface area contributed by atoms with Gasteiger partial charge in [0, 0.05) is 17.8 Å². The molecule has 116 valence electrons. The van der Waals surface area contributed by atoms with Crippen molar-refractivity contribution in [2.45, 2.75) is 52.1 Å². The minimum Gasteiger partial charge on any atom is -0.399 e. The highest BCUT2D eigenvalue weighted by Crippen LogP contribution is 2.39. The number of amides is 1. The standard InChI is InChI=1S/C17H26N2O2/c1-12-8-13(10-14(18)9-12)15(20)19-11-17(21)6-4-16(2,3)5-7-17/h8-10,21H,4-7,11,18H2,1-3H3,(H,19,20). The molecule has 1 aliphatic rings. The van der Waals surface area contributed by atoms with E-state index in [1.165, 1.54) is 0 Å². The number of nitrogen functional groups attached to an aromatic ring is 1. The van der Waals surface area contributed by atoms with Crippen molar-refractivity contribution >= 4 is 11.6 Å². The molecule has 2 rings (SSSR count). The van der Waals surface area contributed by atoms with Crippen LogP contribution in [-0.4, -0.2) is 23.2 Å². The van der Waals surface area contributed by atoms with Crippen LogP contribution in [0.25, 0.3) is 0 Å². The van der Waals surface area contributed by atoms with Crippen molar-refractivity contribution in [1.82, 2.24) is 5.32 Å². The first-order valence-corrected chi connectivity index (χ1v) is 7.57. The van der Waals surface area contributed by atoms with Gasteiger partial charge in [-0.25, -0.2) is 0 Å². The molecule has 1 saturated carbocycles. The number of hydrogen-bond donors (Lipinski definition) is 3. The molecule has 1 aliphatic carbocycles. The van der Waals surface area contributed by atoms with Crippen molar-refractivity contribution in [3.63, 3.8) is 0 Å². The first-order valence-electron chi connectivity index (χ1n) is 7.57. The van der Waals surface area contributed by atoms with E-state index in [1.807, 2.05) is 13.0 Å². The number of anilines is 1. The molecule has 0 bridgehead atoms. The summed E-state index contributed by atoms with van der Waals surface area (Å²) in [4.78, 5) is 12.2. The zero-order valence-corrected chi connectivity index (χ0v) is 13.2. The van der Waals surface area contributed by atoms with Gasteiger partial charge in [-0.2, -0.15) is 0 Å². The number of carbonyl (C=O) groups excluding carboxylic acids is 1. The summed E-state index contributed by atoms with van der Waals surface area (Å²) in [6, 6.07) is 5.30. The van der Waals surface area contributed by atoms with E-state index in [9.17, 15) is 9.90 Å². The third kappa shape index (κ3) is 4.21. The number of hydrogen-bond acceptors (Lipinski definition) is 3. The second kappa shape index (κ2) is 5.68. The molecule has 0 aliphatic heterocycles. The monoisotopic (exact) mass is 290 g/mol. The van der Waals surface area contributed by atoms with E-state index in [0.717, 1.165) is 31.2 Å². The third-order valence-corrected chi connectivity index (χ3v) is 4.47. The first kappa shape index (κ1) is 15.8. The van der Waals surface area contributed by atoms with Gasteiger partial charge in [0.25, 0.3) is 5.91 Å². The lowest BCUT2D eigenvalue weighted by atomic mass is 9.71. The summed E-state index contributed by atoms with van der Waals surface area (Å²) in [6.07, 6.45) is 3.43. The Morgan fingerprint density at radius 3 is 2.43 bits per heavy atom. The van der Waals surface area contributed by atoms with Crippen LogP contribution < -0.4 is 11.1 Å². The van der Waals surface area contributed by atoms with Gasteiger partial charge < -0.3 is 16.2 Å². The van der Waals surface area contributed by atoms with Gasteiger partial charge in [0.05, 0.1) is 5.60 Å². The van der Waals surface area contributed by atoms with Crippen molar-refractivity contribution in [3.8, 4) is 0 Å². The van der Waals surface area contributed by atoms with Gasteiger partial charge >= 0.3 is 0 Å². The van der Waals surface area contributed by atoms with E-state index in [2.05, 4.69) is 19.2 Å². The van der Waals surface area contributed by atoms with Gasteiger partial charge in [-0.3, -0.25) is 4.79 Å². The fourth-order valence-corrected chi connectivity index (χ4v) is 2.86. The molecule has 4 nitrogen and oxygen atoms in total. The minimum atomic E-state index is -0.777. The minimum absolute atomic E-state index is 0.177. The fraction of sp³-hybridized carbons (Fsp3) is 0.588. The number of rotatable bonds is 3. The SMILES string of the molecule is Cc1cc(N)cc(C(=O)NCC2(O)CCC(C)(C)CC2)c1.